The van der Waals surface area contributed by atoms with Crippen LogP contribution in [0.4, 0.5) is 0 Å². The molecule has 4 saturated carbocycles. The number of fused-ring (bicyclic) bond motifs is 7. The maximum atomic E-state index is 13.3. The number of Topliss-reactive ketones (excluding diaryl/α,β-unsaturated/α-hetero) is 1. The molecule has 0 bridgehead atoms. The number of esters is 1. The van der Waals surface area contributed by atoms with Crippen LogP contribution in [0.1, 0.15) is 99.8 Å². The van der Waals surface area contributed by atoms with Gasteiger partial charge in [-0.3, -0.25) is 4.79 Å². The van der Waals surface area contributed by atoms with Gasteiger partial charge in [0.25, 0.3) is 0 Å². The monoisotopic (exact) mass is 549 g/mol. The molecule has 5 aliphatic rings. The second-order valence-corrected chi connectivity index (χ2v) is 15.4. The van der Waals surface area contributed by atoms with Crippen LogP contribution >= 0.6 is 0 Å². The van der Waals surface area contributed by atoms with Crippen molar-refractivity contribution < 1.29 is 19.1 Å². The smallest absolute Gasteiger partial charge is 0.332 e. The van der Waals surface area contributed by atoms with Gasteiger partial charge < -0.3 is 9.47 Å². The van der Waals surface area contributed by atoms with E-state index >= 15 is 0 Å². The van der Waals surface area contributed by atoms with Crippen molar-refractivity contribution in [1.29, 1.82) is 5.26 Å². The molecule has 9 atom stereocenters. The summed E-state index contributed by atoms with van der Waals surface area (Å²) in [6.45, 7) is 21.2. The molecule has 0 spiro atoms. The fourth-order valence-corrected chi connectivity index (χ4v) is 11.6. The van der Waals surface area contributed by atoms with Gasteiger partial charge in [-0.15, -0.1) is 0 Å². The van der Waals surface area contributed by atoms with E-state index < -0.39 is 5.41 Å². The molecular formula is C35H51NO4. The van der Waals surface area contributed by atoms with E-state index in [1.54, 1.807) is 0 Å². The number of allylic oxidation sites excluding steroid dienone is 3. The highest BCUT2D eigenvalue weighted by molar-refractivity contribution is 6.04. The van der Waals surface area contributed by atoms with Crippen LogP contribution in [0.15, 0.2) is 23.8 Å². The van der Waals surface area contributed by atoms with E-state index in [9.17, 15) is 14.9 Å². The Morgan fingerprint density at radius 2 is 1.75 bits per heavy atom. The van der Waals surface area contributed by atoms with E-state index in [0.717, 1.165) is 51.4 Å². The summed E-state index contributed by atoms with van der Waals surface area (Å²) in [4.78, 5) is 25.8. The second-order valence-electron chi connectivity index (χ2n) is 15.4. The fourth-order valence-electron chi connectivity index (χ4n) is 11.6. The molecule has 0 amide bonds. The highest BCUT2D eigenvalue weighted by Crippen LogP contribution is 2.77. The van der Waals surface area contributed by atoms with Crippen molar-refractivity contribution in [3.8, 4) is 6.07 Å². The average Bonchev–Trinajstić information content (AvgIpc) is 3.29. The molecule has 0 saturated heterocycles. The van der Waals surface area contributed by atoms with E-state index in [4.69, 9.17) is 9.47 Å². The summed E-state index contributed by atoms with van der Waals surface area (Å²) in [5, 5.41) is 9.96. The van der Waals surface area contributed by atoms with Crippen LogP contribution in [0.25, 0.3) is 0 Å². The van der Waals surface area contributed by atoms with Gasteiger partial charge >= 0.3 is 5.97 Å². The van der Waals surface area contributed by atoms with Gasteiger partial charge in [0.2, 0.25) is 0 Å². The topological polar surface area (TPSA) is 76.4 Å². The first-order chi connectivity index (χ1) is 18.7. The first-order valence-corrected chi connectivity index (χ1v) is 15.8. The SMILES string of the molecule is C=C(C)[C@@H]1CC[C@]2(COC(=O)COCC)CC[C@]3(C)[C@H](CC[C@@H]4[C@@]5(C)C=C(C#N)C(=O)C(C)(C)[C@@H]5CC[C@]43C)[C@@H]12. The Balaban J connectivity index is 1.51. The van der Waals surface area contributed by atoms with Crippen LogP contribution in [0.2, 0.25) is 0 Å². The van der Waals surface area contributed by atoms with Crippen molar-refractivity contribution in [2.45, 2.75) is 99.8 Å². The summed E-state index contributed by atoms with van der Waals surface area (Å²) in [7, 11) is 0. The predicted molar refractivity (Wildman–Crippen MR) is 156 cm³/mol. The van der Waals surface area contributed by atoms with Crippen LogP contribution in [0.5, 0.6) is 0 Å². The molecule has 5 aliphatic carbocycles. The highest BCUT2D eigenvalue weighted by Gasteiger charge is 2.71. The first kappa shape index (κ1) is 29.6. The number of hydrogen-bond acceptors (Lipinski definition) is 5. The molecule has 0 aromatic carbocycles. The number of ketones is 1. The van der Waals surface area contributed by atoms with Gasteiger partial charge in [-0.05, 0) is 111 Å². The Morgan fingerprint density at radius 1 is 1.02 bits per heavy atom. The third kappa shape index (κ3) is 3.94. The molecule has 220 valence electrons. The normalized spacial score (nSPS) is 45.2. The standard InChI is InChI=1S/C35H51NO4/c1-9-39-20-28(37)40-21-35-15-12-24(22(2)3)29(35)25-10-11-27-32(6)18-23(19-36)30(38)31(4,5)26(32)13-14-34(27,8)33(25,7)16-17-35/h18,24-27,29H,2,9-17,20-21H2,1,3-8H3/t24-,25+,26-,27+,29+,32-,33+,34+,35+/m0/s1. The zero-order valence-electron chi connectivity index (χ0n) is 26.0. The molecule has 0 radical (unpaired) electrons. The Morgan fingerprint density at radius 3 is 2.40 bits per heavy atom. The average molecular weight is 550 g/mol. The van der Waals surface area contributed by atoms with Crippen molar-refractivity contribution in [1.82, 2.24) is 0 Å². The summed E-state index contributed by atoms with van der Waals surface area (Å²) in [6, 6.07) is 2.28. The third-order valence-corrected chi connectivity index (χ3v) is 13.6. The molecule has 0 aliphatic heterocycles. The van der Waals surface area contributed by atoms with Crippen molar-refractivity contribution in [3.63, 3.8) is 0 Å². The molecule has 5 heteroatoms. The fraction of sp³-hybridized carbons (Fsp3) is 0.800. The Bertz CT molecular complexity index is 1160. The van der Waals surface area contributed by atoms with Gasteiger partial charge in [0, 0.05) is 17.4 Å². The molecule has 40 heavy (non-hydrogen) atoms. The minimum Gasteiger partial charge on any atom is -0.463 e. The lowest BCUT2D eigenvalue weighted by molar-refractivity contribution is -0.223. The first-order valence-electron chi connectivity index (χ1n) is 15.8. The quantitative estimate of drug-likeness (QED) is 0.254. The van der Waals surface area contributed by atoms with Crippen molar-refractivity contribution >= 4 is 11.8 Å². The molecule has 5 nitrogen and oxygen atoms in total. The van der Waals surface area contributed by atoms with Crippen molar-refractivity contribution in [2.24, 2.45) is 56.7 Å². The number of carbonyl (C=O) groups excluding carboxylic acids is 2. The lowest BCUT2D eigenvalue weighted by Crippen LogP contribution is -2.66. The molecule has 5 rings (SSSR count). The van der Waals surface area contributed by atoms with Gasteiger partial charge in [-0.1, -0.05) is 52.8 Å². The van der Waals surface area contributed by atoms with Crippen molar-refractivity contribution in [2.75, 3.05) is 19.8 Å². The minimum absolute atomic E-state index is 0.00704. The van der Waals surface area contributed by atoms with Crippen LogP contribution in [0, 0.1) is 68.0 Å². The van der Waals surface area contributed by atoms with Crippen LogP contribution in [-0.4, -0.2) is 31.6 Å². The summed E-state index contributed by atoms with van der Waals surface area (Å²) in [5.41, 5.74) is 1.20. The second kappa shape index (κ2) is 9.82. The van der Waals surface area contributed by atoms with E-state index in [0.29, 0.717) is 42.5 Å². The van der Waals surface area contributed by atoms with Gasteiger partial charge in [0.1, 0.15) is 12.7 Å². The molecule has 0 aromatic heterocycles. The minimum atomic E-state index is -0.517. The summed E-state index contributed by atoms with van der Waals surface area (Å²) in [6.07, 6.45) is 10.9. The van der Waals surface area contributed by atoms with Crippen molar-refractivity contribution in [3.05, 3.63) is 23.8 Å². The lowest BCUT2D eigenvalue weighted by Gasteiger charge is -2.71. The molecular weight excluding hydrogens is 498 g/mol. The maximum absolute atomic E-state index is 13.3. The lowest BCUT2D eigenvalue weighted by atomic mass is 9.33. The summed E-state index contributed by atoms with van der Waals surface area (Å²) >= 11 is 0. The highest BCUT2D eigenvalue weighted by atomic mass is 16.6. The summed E-state index contributed by atoms with van der Waals surface area (Å²) in [5.74, 6) is 1.91. The Labute approximate surface area is 242 Å². The zero-order valence-corrected chi connectivity index (χ0v) is 26.0. The largest absolute Gasteiger partial charge is 0.463 e. The Hall–Kier alpha value is -1.93. The van der Waals surface area contributed by atoms with E-state index in [2.05, 4.69) is 60.3 Å². The van der Waals surface area contributed by atoms with Crippen LogP contribution in [0.3, 0.4) is 0 Å². The summed E-state index contributed by atoms with van der Waals surface area (Å²) < 4.78 is 11.3. The number of rotatable bonds is 6. The van der Waals surface area contributed by atoms with E-state index in [-0.39, 0.29) is 45.9 Å². The third-order valence-electron chi connectivity index (χ3n) is 13.6. The molecule has 4 fully saturated rings. The Kier molecular flexibility index (Phi) is 7.26. The zero-order chi connectivity index (χ0) is 29.3. The molecule has 0 N–H and O–H groups in total. The number of nitrogens with zero attached hydrogens (tertiary/aromatic N) is 1. The van der Waals surface area contributed by atoms with Gasteiger partial charge in [-0.2, -0.15) is 5.26 Å². The van der Waals surface area contributed by atoms with Crippen LogP contribution in [-0.2, 0) is 19.1 Å². The van der Waals surface area contributed by atoms with Gasteiger partial charge in [-0.25, -0.2) is 4.79 Å². The van der Waals surface area contributed by atoms with E-state index in [1.165, 1.54) is 5.57 Å². The molecule has 0 aromatic rings. The van der Waals surface area contributed by atoms with Gasteiger partial charge in [0.15, 0.2) is 5.78 Å². The number of nitriles is 1. The number of carbonyl (C=O) groups is 2. The predicted octanol–water partition coefficient (Wildman–Crippen LogP) is 7.46. The number of hydrogen-bond donors (Lipinski definition) is 0. The molecule has 0 unspecified atom stereocenters. The number of ether oxygens (including phenoxy) is 2. The van der Waals surface area contributed by atoms with E-state index in [1.807, 2.05) is 6.92 Å². The van der Waals surface area contributed by atoms with Gasteiger partial charge in [0.05, 0.1) is 12.2 Å². The maximum Gasteiger partial charge on any atom is 0.332 e. The van der Waals surface area contributed by atoms with Crippen LogP contribution < -0.4 is 0 Å². The molecule has 0 heterocycles.